The molecule has 19 heavy (non-hydrogen) atoms. The largest absolute Gasteiger partial charge is 0.388 e. The molecule has 1 heterocycles. The lowest BCUT2D eigenvalue weighted by atomic mass is 10.1. The number of aliphatic hydroxyl groups is 1. The van der Waals surface area contributed by atoms with E-state index in [9.17, 15) is 9.90 Å². The van der Waals surface area contributed by atoms with E-state index in [0.717, 1.165) is 19.5 Å². The molecule has 1 aliphatic heterocycles. The van der Waals surface area contributed by atoms with E-state index in [1.54, 1.807) is 23.1 Å². The zero-order chi connectivity index (χ0) is 14.0. The van der Waals surface area contributed by atoms with Crippen LogP contribution in [0.2, 0.25) is 10.0 Å². The summed E-state index contributed by atoms with van der Waals surface area (Å²) in [7, 11) is 0. The zero-order valence-corrected chi connectivity index (χ0v) is 12.3. The van der Waals surface area contributed by atoms with Crippen molar-refractivity contribution in [1.29, 1.82) is 0 Å². The van der Waals surface area contributed by atoms with E-state index in [1.165, 1.54) is 0 Å². The fourth-order valence-corrected chi connectivity index (χ4v) is 2.88. The number of hydrogen-bond donors (Lipinski definition) is 1. The van der Waals surface area contributed by atoms with Crippen molar-refractivity contribution >= 4 is 29.1 Å². The van der Waals surface area contributed by atoms with Crippen LogP contribution in [0.5, 0.6) is 0 Å². The highest BCUT2D eigenvalue weighted by Crippen LogP contribution is 2.26. The Hall–Kier alpha value is -0.770. The first-order valence-electron chi connectivity index (χ1n) is 6.37. The molecule has 1 aromatic rings. The SMILES string of the molecule is CC1CCN(C(=O)CC(O)c2cc(Cl)cc(Cl)c2)C1. The van der Waals surface area contributed by atoms with Gasteiger partial charge in [-0.15, -0.1) is 0 Å². The molecule has 0 aliphatic carbocycles. The lowest BCUT2D eigenvalue weighted by Gasteiger charge is -2.18. The van der Waals surface area contributed by atoms with Gasteiger partial charge in [0.15, 0.2) is 0 Å². The second-order valence-electron chi connectivity index (χ2n) is 5.16. The number of halogens is 2. The second kappa shape index (κ2) is 6.12. The maximum Gasteiger partial charge on any atom is 0.225 e. The van der Waals surface area contributed by atoms with Crippen LogP contribution < -0.4 is 0 Å². The van der Waals surface area contributed by atoms with Crippen LogP contribution in [0.1, 0.15) is 31.4 Å². The maximum absolute atomic E-state index is 12.0. The summed E-state index contributed by atoms with van der Waals surface area (Å²) in [6.07, 6.45) is 0.244. The Morgan fingerprint density at radius 1 is 1.42 bits per heavy atom. The fraction of sp³-hybridized carbons (Fsp3) is 0.500. The molecule has 0 bridgehead atoms. The van der Waals surface area contributed by atoms with E-state index < -0.39 is 6.10 Å². The van der Waals surface area contributed by atoms with Crippen LogP contribution in [0.15, 0.2) is 18.2 Å². The van der Waals surface area contributed by atoms with Crippen molar-refractivity contribution in [2.75, 3.05) is 13.1 Å². The standard InChI is InChI=1S/C14H17Cl2NO2/c1-9-2-3-17(8-9)14(19)7-13(18)10-4-11(15)6-12(16)5-10/h4-6,9,13,18H,2-3,7-8H2,1H3. The smallest absolute Gasteiger partial charge is 0.225 e. The van der Waals surface area contributed by atoms with Crippen LogP contribution in [0.3, 0.4) is 0 Å². The Balaban J connectivity index is 2.00. The lowest BCUT2D eigenvalue weighted by Crippen LogP contribution is -2.29. The highest BCUT2D eigenvalue weighted by molar-refractivity contribution is 6.34. The Bertz CT molecular complexity index is 458. The Kier molecular flexibility index (Phi) is 4.71. The molecule has 2 atom stereocenters. The number of amides is 1. The number of nitrogens with zero attached hydrogens (tertiary/aromatic N) is 1. The van der Waals surface area contributed by atoms with Crippen molar-refractivity contribution in [2.24, 2.45) is 5.92 Å². The van der Waals surface area contributed by atoms with Gasteiger partial charge in [0.2, 0.25) is 5.91 Å². The van der Waals surface area contributed by atoms with Gasteiger partial charge >= 0.3 is 0 Å². The molecule has 0 spiro atoms. The highest BCUT2D eigenvalue weighted by Gasteiger charge is 2.25. The van der Waals surface area contributed by atoms with Gasteiger partial charge in [0.1, 0.15) is 0 Å². The fourth-order valence-electron chi connectivity index (χ4n) is 2.34. The lowest BCUT2D eigenvalue weighted by molar-refractivity contribution is -0.132. The first-order chi connectivity index (χ1) is 8.95. The summed E-state index contributed by atoms with van der Waals surface area (Å²) in [6.45, 7) is 3.69. The van der Waals surface area contributed by atoms with Crippen molar-refractivity contribution < 1.29 is 9.90 Å². The minimum atomic E-state index is -0.861. The summed E-state index contributed by atoms with van der Waals surface area (Å²) in [4.78, 5) is 13.9. The summed E-state index contributed by atoms with van der Waals surface area (Å²) < 4.78 is 0. The molecule has 0 radical (unpaired) electrons. The molecule has 104 valence electrons. The van der Waals surface area contributed by atoms with Crippen molar-refractivity contribution in [2.45, 2.75) is 25.9 Å². The third-order valence-corrected chi connectivity index (χ3v) is 3.85. The number of carbonyl (C=O) groups excluding carboxylic acids is 1. The Morgan fingerprint density at radius 3 is 2.58 bits per heavy atom. The van der Waals surface area contributed by atoms with Gasteiger partial charge < -0.3 is 10.0 Å². The number of aliphatic hydroxyl groups excluding tert-OH is 1. The van der Waals surface area contributed by atoms with E-state index in [-0.39, 0.29) is 12.3 Å². The van der Waals surface area contributed by atoms with Crippen molar-refractivity contribution in [3.05, 3.63) is 33.8 Å². The van der Waals surface area contributed by atoms with Crippen molar-refractivity contribution in [1.82, 2.24) is 4.90 Å². The van der Waals surface area contributed by atoms with E-state index in [0.29, 0.717) is 21.5 Å². The molecule has 5 heteroatoms. The first-order valence-corrected chi connectivity index (χ1v) is 7.13. The summed E-state index contributed by atoms with van der Waals surface area (Å²) in [5.74, 6) is 0.523. The molecule has 1 aliphatic rings. The first kappa shape index (κ1) is 14.6. The van der Waals surface area contributed by atoms with Gasteiger partial charge in [-0.1, -0.05) is 30.1 Å². The molecule has 0 saturated carbocycles. The molecule has 2 rings (SSSR count). The maximum atomic E-state index is 12.0. The topological polar surface area (TPSA) is 40.5 Å². The van der Waals surface area contributed by atoms with Gasteiger partial charge in [0.25, 0.3) is 0 Å². The average Bonchev–Trinajstić information content (AvgIpc) is 2.74. The molecule has 0 aromatic heterocycles. The van der Waals surface area contributed by atoms with Crippen LogP contribution in [0.25, 0.3) is 0 Å². The van der Waals surface area contributed by atoms with Crippen LogP contribution in [-0.2, 0) is 4.79 Å². The normalized spacial score (nSPS) is 20.6. The van der Waals surface area contributed by atoms with Crippen LogP contribution in [-0.4, -0.2) is 29.0 Å². The molecule has 3 nitrogen and oxygen atoms in total. The molecule has 1 amide bonds. The quantitative estimate of drug-likeness (QED) is 0.931. The van der Waals surface area contributed by atoms with E-state index in [1.807, 2.05) is 0 Å². The molecule has 1 saturated heterocycles. The van der Waals surface area contributed by atoms with E-state index in [4.69, 9.17) is 23.2 Å². The van der Waals surface area contributed by atoms with Crippen LogP contribution in [0, 0.1) is 5.92 Å². The third-order valence-electron chi connectivity index (χ3n) is 3.41. The second-order valence-corrected chi connectivity index (χ2v) is 6.03. The summed E-state index contributed by atoms with van der Waals surface area (Å²) in [5, 5.41) is 11.0. The molecule has 1 N–H and O–H groups in total. The zero-order valence-electron chi connectivity index (χ0n) is 10.8. The summed E-state index contributed by atoms with van der Waals surface area (Å²) >= 11 is 11.8. The minimum absolute atomic E-state index is 0.0204. The third kappa shape index (κ3) is 3.85. The summed E-state index contributed by atoms with van der Waals surface area (Å²) in [6, 6.07) is 4.87. The van der Waals surface area contributed by atoms with Gasteiger partial charge in [-0.3, -0.25) is 4.79 Å². The molecular weight excluding hydrogens is 285 g/mol. The van der Waals surface area contributed by atoms with Gasteiger partial charge in [-0.25, -0.2) is 0 Å². The number of rotatable bonds is 3. The predicted molar refractivity (Wildman–Crippen MR) is 76.4 cm³/mol. The van der Waals surface area contributed by atoms with Crippen molar-refractivity contribution in [3.8, 4) is 0 Å². The van der Waals surface area contributed by atoms with E-state index >= 15 is 0 Å². The van der Waals surface area contributed by atoms with Crippen LogP contribution >= 0.6 is 23.2 Å². The van der Waals surface area contributed by atoms with E-state index in [2.05, 4.69) is 6.92 Å². The average molecular weight is 302 g/mol. The number of hydrogen-bond acceptors (Lipinski definition) is 2. The van der Waals surface area contributed by atoms with Gasteiger partial charge in [-0.05, 0) is 36.1 Å². The predicted octanol–water partition coefficient (Wildman–Crippen LogP) is 3.29. The molecule has 2 unspecified atom stereocenters. The molecular formula is C14H17Cl2NO2. The number of likely N-dealkylation sites (tertiary alicyclic amines) is 1. The Morgan fingerprint density at radius 2 is 2.05 bits per heavy atom. The molecule has 1 aromatic carbocycles. The Labute approximate surface area is 123 Å². The van der Waals surface area contributed by atoms with Crippen LogP contribution in [0.4, 0.5) is 0 Å². The monoisotopic (exact) mass is 301 g/mol. The number of carbonyl (C=O) groups is 1. The minimum Gasteiger partial charge on any atom is -0.388 e. The van der Waals surface area contributed by atoms with Gasteiger partial charge in [0, 0.05) is 23.1 Å². The number of benzene rings is 1. The van der Waals surface area contributed by atoms with Gasteiger partial charge in [-0.2, -0.15) is 0 Å². The van der Waals surface area contributed by atoms with Gasteiger partial charge in [0.05, 0.1) is 12.5 Å². The molecule has 1 fully saturated rings. The highest BCUT2D eigenvalue weighted by atomic mass is 35.5. The van der Waals surface area contributed by atoms with Crippen molar-refractivity contribution in [3.63, 3.8) is 0 Å². The summed E-state index contributed by atoms with van der Waals surface area (Å²) in [5.41, 5.74) is 0.582.